The molecule has 2 aliphatic rings. The molecule has 0 spiro atoms. The number of hydrogen-bond acceptors (Lipinski definition) is 5. The molecule has 0 unspecified atom stereocenters. The summed E-state index contributed by atoms with van der Waals surface area (Å²) in [7, 11) is -1.80. The summed E-state index contributed by atoms with van der Waals surface area (Å²) in [6.45, 7) is 1.26. The molecule has 24 heavy (non-hydrogen) atoms. The number of aromatic nitrogens is 4. The van der Waals surface area contributed by atoms with Crippen LogP contribution in [0.4, 0.5) is 0 Å². The molecule has 8 nitrogen and oxygen atoms in total. The van der Waals surface area contributed by atoms with Crippen molar-refractivity contribution in [2.24, 2.45) is 13.0 Å². The first-order valence-electron chi connectivity index (χ1n) is 8.00. The zero-order chi connectivity index (χ0) is 16.9. The van der Waals surface area contributed by atoms with Crippen LogP contribution < -0.4 is 5.56 Å². The summed E-state index contributed by atoms with van der Waals surface area (Å²) >= 11 is 0. The molecule has 1 saturated carbocycles. The predicted molar refractivity (Wildman–Crippen MR) is 85.9 cm³/mol. The molecule has 2 fully saturated rings. The number of hydrogen-bond donors (Lipinski definition) is 0. The number of aryl methyl sites for hydroxylation is 1. The van der Waals surface area contributed by atoms with Gasteiger partial charge in [-0.25, -0.2) is 13.1 Å². The molecule has 0 N–H and O–H groups in total. The highest BCUT2D eigenvalue weighted by Crippen LogP contribution is 2.38. The number of sulfonamides is 1. The predicted octanol–water partition coefficient (Wildman–Crippen LogP) is 0.175. The first-order chi connectivity index (χ1) is 11.4. The molecule has 0 amide bonds. The van der Waals surface area contributed by atoms with Gasteiger partial charge in [0.05, 0.1) is 18.4 Å². The Balaban J connectivity index is 1.43. The Labute approximate surface area is 139 Å². The van der Waals surface area contributed by atoms with Crippen molar-refractivity contribution >= 4 is 10.0 Å². The van der Waals surface area contributed by atoms with Crippen molar-refractivity contribution in [3.05, 3.63) is 40.6 Å². The number of nitrogens with zero attached hydrogens (tertiary/aromatic N) is 5. The van der Waals surface area contributed by atoms with Crippen LogP contribution in [-0.4, -0.2) is 45.4 Å². The zero-order valence-corrected chi connectivity index (χ0v) is 14.2. The average molecular weight is 349 g/mol. The van der Waals surface area contributed by atoms with Crippen LogP contribution in [0.1, 0.15) is 24.5 Å². The summed E-state index contributed by atoms with van der Waals surface area (Å²) in [4.78, 5) is 12.2. The maximum atomic E-state index is 12.4. The Bertz CT molecular complexity index is 923. The smallest absolute Gasteiger partial charge is 0.266 e. The fourth-order valence-electron chi connectivity index (χ4n) is 2.95. The third-order valence-corrected chi connectivity index (χ3v) is 6.34. The molecule has 0 bridgehead atoms. The highest BCUT2D eigenvalue weighted by molar-refractivity contribution is 7.89. The average Bonchev–Trinajstić information content (AvgIpc) is 3.25. The number of rotatable bonds is 5. The Morgan fingerprint density at radius 2 is 2.00 bits per heavy atom. The van der Waals surface area contributed by atoms with Gasteiger partial charge in [0.2, 0.25) is 10.0 Å². The van der Waals surface area contributed by atoms with E-state index in [0.717, 1.165) is 18.5 Å². The van der Waals surface area contributed by atoms with E-state index < -0.39 is 10.0 Å². The maximum Gasteiger partial charge on any atom is 0.266 e. The molecule has 3 heterocycles. The van der Waals surface area contributed by atoms with E-state index >= 15 is 0 Å². The molecule has 128 valence electrons. The molecule has 0 aromatic carbocycles. The van der Waals surface area contributed by atoms with Crippen LogP contribution >= 0.6 is 0 Å². The van der Waals surface area contributed by atoms with Crippen LogP contribution in [0.2, 0.25) is 0 Å². The molecule has 1 aliphatic heterocycles. The van der Waals surface area contributed by atoms with Gasteiger partial charge in [0.25, 0.3) is 5.56 Å². The fourth-order valence-corrected chi connectivity index (χ4v) is 4.53. The Morgan fingerprint density at radius 1 is 1.25 bits per heavy atom. The van der Waals surface area contributed by atoms with Crippen molar-refractivity contribution in [1.29, 1.82) is 0 Å². The van der Waals surface area contributed by atoms with Crippen LogP contribution in [0.3, 0.4) is 0 Å². The molecular weight excluding hydrogens is 330 g/mol. The molecular formula is C15H19N5O3S. The molecule has 4 rings (SSSR count). The van der Waals surface area contributed by atoms with Crippen molar-refractivity contribution in [3.63, 3.8) is 0 Å². The van der Waals surface area contributed by atoms with Gasteiger partial charge in [0, 0.05) is 44.2 Å². The van der Waals surface area contributed by atoms with Crippen LogP contribution in [0, 0.1) is 5.92 Å². The molecule has 2 aromatic rings. The van der Waals surface area contributed by atoms with Gasteiger partial charge >= 0.3 is 0 Å². The van der Waals surface area contributed by atoms with Gasteiger partial charge < -0.3 is 0 Å². The summed E-state index contributed by atoms with van der Waals surface area (Å²) in [5.74, 6) is 0.594. The lowest BCUT2D eigenvalue weighted by Crippen LogP contribution is -2.52. The zero-order valence-electron chi connectivity index (χ0n) is 13.4. The SMILES string of the molecule is Cn1cc(S(=O)(=O)N2CC(Cn3nc(C4CC4)ccc3=O)C2)cn1. The summed E-state index contributed by atoms with van der Waals surface area (Å²) in [6.07, 6.45) is 5.11. The molecule has 0 atom stereocenters. The van der Waals surface area contributed by atoms with Crippen LogP contribution in [0.15, 0.2) is 34.2 Å². The normalized spacial score (nSPS) is 19.4. The monoisotopic (exact) mass is 349 g/mol. The van der Waals surface area contributed by atoms with Crippen molar-refractivity contribution in [1.82, 2.24) is 23.9 Å². The lowest BCUT2D eigenvalue weighted by Gasteiger charge is -2.37. The second-order valence-corrected chi connectivity index (χ2v) is 8.53. The molecule has 2 aromatic heterocycles. The highest BCUT2D eigenvalue weighted by Gasteiger charge is 2.37. The van der Waals surface area contributed by atoms with Crippen molar-refractivity contribution in [2.75, 3.05) is 13.1 Å². The third kappa shape index (κ3) is 2.78. The van der Waals surface area contributed by atoms with E-state index in [0.29, 0.717) is 25.6 Å². The largest absolute Gasteiger partial charge is 0.274 e. The molecule has 1 aliphatic carbocycles. The topological polar surface area (TPSA) is 90.1 Å². The lowest BCUT2D eigenvalue weighted by molar-refractivity contribution is 0.172. The van der Waals surface area contributed by atoms with E-state index in [2.05, 4.69) is 10.2 Å². The van der Waals surface area contributed by atoms with Crippen LogP contribution in [0.5, 0.6) is 0 Å². The van der Waals surface area contributed by atoms with Gasteiger partial charge in [0.15, 0.2) is 0 Å². The third-order valence-electron chi connectivity index (χ3n) is 4.56. The Morgan fingerprint density at radius 3 is 2.62 bits per heavy atom. The van der Waals surface area contributed by atoms with E-state index in [1.54, 1.807) is 19.2 Å². The van der Waals surface area contributed by atoms with E-state index in [1.165, 1.54) is 26.1 Å². The van der Waals surface area contributed by atoms with E-state index in [1.807, 2.05) is 0 Å². The standard InChI is InChI=1S/C15H19N5O3S/c1-18-10-13(6-16-18)24(22,23)19-7-11(8-19)9-20-15(21)5-4-14(17-20)12-2-3-12/h4-6,10-12H,2-3,7-9H2,1H3. The van der Waals surface area contributed by atoms with Crippen molar-refractivity contribution < 1.29 is 8.42 Å². The summed E-state index contributed by atoms with van der Waals surface area (Å²) < 4.78 is 29.2. The minimum atomic E-state index is -3.49. The van der Waals surface area contributed by atoms with Gasteiger partial charge in [-0.05, 0) is 18.9 Å². The van der Waals surface area contributed by atoms with Crippen molar-refractivity contribution in [3.8, 4) is 0 Å². The van der Waals surface area contributed by atoms with Gasteiger partial charge in [-0.2, -0.15) is 14.5 Å². The summed E-state index contributed by atoms with van der Waals surface area (Å²) in [6, 6.07) is 3.36. The summed E-state index contributed by atoms with van der Waals surface area (Å²) in [5.41, 5.74) is 0.835. The lowest BCUT2D eigenvalue weighted by atomic mass is 10.0. The Kier molecular flexibility index (Phi) is 3.57. The quantitative estimate of drug-likeness (QED) is 0.768. The second kappa shape index (κ2) is 5.52. The van der Waals surface area contributed by atoms with E-state index in [4.69, 9.17) is 0 Å². The van der Waals surface area contributed by atoms with Crippen LogP contribution in [-0.2, 0) is 23.6 Å². The maximum absolute atomic E-state index is 12.4. The summed E-state index contributed by atoms with van der Waals surface area (Å²) in [5, 5.41) is 8.34. The second-order valence-electron chi connectivity index (χ2n) is 6.59. The highest BCUT2D eigenvalue weighted by atomic mass is 32.2. The minimum absolute atomic E-state index is 0.107. The van der Waals surface area contributed by atoms with Crippen molar-refractivity contribution in [2.45, 2.75) is 30.2 Å². The van der Waals surface area contributed by atoms with Gasteiger partial charge in [-0.15, -0.1) is 0 Å². The van der Waals surface area contributed by atoms with Gasteiger partial charge in [0.1, 0.15) is 4.90 Å². The van der Waals surface area contributed by atoms with Crippen LogP contribution in [0.25, 0.3) is 0 Å². The Hall–Kier alpha value is -2.00. The first-order valence-corrected chi connectivity index (χ1v) is 9.44. The fraction of sp³-hybridized carbons (Fsp3) is 0.533. The molecule has 9 heteroatoms. The van der Waals surface area contributed by atoms with E-state index in [9.17, 15) is 13.2 Å². The van der Waals surface area contributed by atoms with E-state index in [-0.39, 0.29) is 16.4 Å². The first kappa shape index (κ1) is 15.5. The van der Waals surface area contributed by atoms with Gasteiger partial charge in [-0.3, -0.25) is 9.48 Å². The molecule has 0 radical (unpaired) electrons. The van der Waals surface area contributed by atoms with Gasteiger partial charge in [-0.1, -0.05) is 0 Å². The minimum Gasteiger partial charge on any atom is -0.274 e. The molecule has 1 saturated heterocycles.